The van der Waals surface area contributed by atoms with Crippen LogP contribution in [0.3, 0.4) is 0 Å². The lowest BCUT2D eigenvalue weighted by Crippen LogP contribution is -2.53. The molecule has 1 aliphatic carbocycles. The first-order valence-electron chi connectivity index (χ1n) is 5.79. The van der Waals surface area contributed by atoms with Crippen LogP contribution in [0.5, 0.6) is 0 Å². The van der Waals surface area contributed by atoms with Crippen LogP contribution in [0.4, 0.5) is 0 Å². The topological polar surface area (TPSA) is 65.1 Å². The number of hydrazine groups is 1. The van der Waals surface area contributed by atoms with Crippen LogP contribution < -0.4 is 11.3 Å². The van der Waals surface area contributed by atoms with E-state index in [9.17, 15) is 0 Å². The Morgan fingerprint density at radius 2 is 2.44 bits per heavy atom. The Bertz CT molecular complexity index is 340. The maximum Gasteiger partial charge on any atom is 0.130 e. The number of aryl methyl sites for hydroxylation is 1. The summed E-state index contributed by atoms with van der Waals surface area (Å²) in [6.07, 6.45) is 7.05. The van der Waals surface area contributed by atoms with Gasteiger partial charge in [-0.25, -0.2) is 10.4 Å². The zero-order valence-corrected chi connectivity index (χ0v) is 9.94. The van der Waals surface area contributed by atoms with Crippen LogP contribution in [0.25, 0.3) is 0 Å². The predicted molar refractivity (Wildman–Crippen MR) is 61.6 cm³/mol. The molecule has 2 rings (SSSR count). The van der Waals surface area contributed by atoms with E-state index in [1.54, 1.807) is 7.11 Å². The Morgan fingerprint density at radius 3 is 2.88 bits per heavy atom. The van der Waals surface area contributed by atoms with E-state index < -0.39 is 0 Å². The summed E-state index contributed by atoms with van der Waals surface area (Å²) < 4.78 is 7.76. The van der Waals surface area contributed by atoms with E-state index in [-0.39, 0.29) is 11.6 Å². The fourth-order valence-electron chi connectivity index (χ4n) is 2.45. The number of ether oxygens (including phenoxy) is 1. The maximum atomic E-state index is 5.68. The van der Waals surface area contributed by atoms with Crippen molar-refractivity contribution in [1.82, 2.24) is 15.0 Å². The first-order valence-corrected chi connectivity index (χ1v) is 5.79. The van der Waals surface area contributed by atoms with E-state index >= 15 is 0 Å². The molecule has 0 spiro atoms. The standard InChI is InChI=1S/C11H20N4O/c1-3-15-8-7-13-10(15)9(14-12)11(16-2)5-4-6-11/h7-9,14H,3-6,12H2,1-2H3. The summed E-state index contributed by atoms with van der Waals surface area (Å²) in [4.78, 5) is 4.39. The zero-order chi connectivity index (χ0) is 11.6. The van der Waals surface area contributed by atoms with E-state index in [4.69, 9.17) is 10.6 Å². The highest BCUT2D eigenvalue weighted by atomic mass is 16.5. The van der Waals surface area contributed by atoms with E-state index in [1.165, 1.54) is 6.42 Å². The third-order valence-corrected chi connectivity index (χ3v) is 3.65. The first-order chi connectivity index (χ1) is 7.77. The van der Waals surface area contributed by atoms with Crippen LogP contribution in [0, 0.1) is 0 Å². The lowest BCUT2D eigenvalue weighted by molar-refractivity contribution is -0.102. The van der Waals surface area contributed by atoms with Gasteiger partial charge in [-0.15, -0.1) is 0 Å². The Hall–Kier alpha value is -0.910. The quantitative estimate of drug-likeness (QED) is 0.578. The van der Waals surface area contributed by atoms with Crippen molar-refractivity contribution in [3.05, 3.63) is 18.2 Å². The number of nitrogens with two attached hydrogens (primary N) is 1. The molecule has 0 saturated heterocycles. The summed E-state index contributed by atoms with van der Waals surface area (Å²) in [6, 6.07) is -0.0267. The molecule has 90 valence electrons. The SMILES string of the molecule is CCn1ccnc1C(NN)C1(OC)CCC1. The fourth-order valence-corrected chi connectivity index (χ4v) is 2.45. The third-order valence-electron chi connectivity index (χ3n) is 3.65. The van der Waals surface area contributed by atoms with Crippen molar-refractivity contribution in [1.29, 1.82) is 0 Å². The van der Waals surface area contributed by atoms with Gasteiger partial charge in [-0.3, -0.25) is 5.84 Å². The maximum absolute atomic E-state index is 5.68. The van der Waals surface area contributed by atoms with Crippen LogP contribution >= 0.6 is 0 Å². The van der Waals surface area contributed by atoms with Gasteiger partial charge >= 0.3 is 0 Å². The van der Waals surface area contributed by atoms with E-state index in [0.717, 1.165) is 25.2 Å². The Balaban J connectivity index is 2.28. The fraction of sp³-hybridized carbons (Fsp3) is 0.727. The van der Waals surface area contributed by atoms with Crippen LogP contribution in [0.15, 0.2) is 12.4 Å². The van der Waals surface area contributed by atoms with Gasteiger partial charge in [0.2, 0.25) is 0 Å². The minimum atomic E-state index is -0.174. The van der Waals surface area contributed by atoms with E-state index in [1.807, 2.05) is 12.4 Å². The van der Waals surface area contributed by atoms with Crippen LogP contribution in [-0.2, 0) is 11.3 Å². The second-order valence-corrected chi connectivity index (χ2v) is 4.29. The van der Waals surface area contributed by atoms with Gasteiger partial charge in [-0.2, -0.15) is 0 Å². The van der Waals surface area contributed by atoms with Crippen molar-refractivity contribution in [2.75, 3.05) is 7.11 Å². The van der Waals surface area contributed by atoms with Gasteiger partial charge in [0.05, 0.1) is 5.60 Å². The predicted octanol–water partition coefficient (Wildman–Crippen LogP) is 0.976. The summed E-state index contributed by atoms with van der Waals surface area (Å²) in [7, 11) is 1.75. The number of imidazole rings is 1. The van der Waals surface area contributed by atoms with Crippen molar-refractivity contribution in [3.63, 3.8) is 0 Å². The van der Waals surface area contributed by atoms with Crippen LogP contribution in [-0.4, -0.2) is 22.3 Å². The molecule has 1 saturated carbocycles. The molecular weight excluding hydrogens is 204 g/mol. The number of nitrogens with one attached hydrogen (secondary N) is 1. The van der Waals surface area contributed by atoms with Gasteiger partial charge < -0.3 is 9.30 Å². The van der Waals surface area contributed by atoms with Gasteiger partial charge in [0.15, 0.2) is 0 Å². The monoisotopic (exact) mass is 224 g/mol. The molecule has 1 aliphatic rings. The smallest absolute Gasteiger partial charge is 0.130 e. The largest absolute Gasteiger partial charge is 0.376 e. The molecule has 1 atom stereocenters. The summed E-state index contributed by atoms with van der Waals surface area (Å²) in [5.74, 6) is 6.64. The third kappa shape index (κ3) is 1.65. The lowest BCUT2D eigenvalue weighted by Gasteiger charge is -2.45. The zero-order valence-electron chi connectivity index (χ0n) is 9.94. The lowest BCUT2D eigenvalue weighted by atomic mass is 9.74. The number of hydrogen-bond acceptors (Lipinski definition) is 4. The van der Waals surface area contributed by atoms with Crippen molar-refractivity contribution < 1.29 is 4.74 Å². The van der Waals surface area contributed by atoms with Crippen molar-refractivity contribution in [2.45, 2.75) is 44.4 Å². The molecule has 1 unspecified atom stereocenters. The molecule has 16 heavy (non-hydrogen) atoms. The molecule has 5 heteroatoms. The molecule has 3 N–H and O–H groups in total. The second-order valence-electron chi connectivity index (χ2n) is 4.29. The minimum absolute atomic E-state index is 0.0267. The second kappa shape index (κ2) is 4.53. The number of hydrogen-bond donors (Lipinski definition) is 2. The summed E-state index contributed by atoms with van der Waals surface area (Å²) >= 11 is 0. The van der Waals surface area contributed by atoms with Crippen molar-refractivity contribution >= 4 is 0 Å². The summed E-state index contributed by atoms with van der Waals surface area (Å²) in [6.45, 7) is 2.99. The van der Waals surface area contributed by atoms with Gasteiger partial charge in [0, 0.05) is 26.0 Å². The minimum Gasteiger partial charge on any atom is -0.376 e. The average Bonchev–Trinajstić information content (AvgIpc) is 2.70. The highest BCUT2D eigenvalue weighted by molar-refractivity contribution is 5.10. The number of aromatic nitrogens is 2. The molecule has 0 aromatic carbocycles. The van der Waals surface area contributed by atoms with E-state index in [0.29, 0.717) is 0 Å². The molecule has 1 aromatic heterocycles. The van der Waals surface area contributed by atoms with Gasteiger partial charge in [0.1, 0.15) is 11.9 Å². The molecule has 0 radical (unpaired) electrons. The van der Waals surface area contributed by atoms with Gasteiger partial charge in [-0.05, 0) is 26.2 Å². The molecule has 0 amide bonds. The normalized spacial score (nSPS) is 20.4. The van der Waals surface area contributed by atoms with Crippen LogP contribution in [0.1, 0.15) is 38.1 Å². The number of rotatable bonds is 5. The highest BCUT2D eigenvalue weighted by Crippen LogP contribution is 2.44. The van der Waals surface area contributed by atoms with Gasteiger partial charge in [0.25, 0.3) is 0 Å². The Kier molecular flexibility index (Phi) is 3.28. The van der Waals surface area contributed by atoms with Crippen LogP contribution in [0.2, 0.25) is 0 Å². The van der Waals surface area contributed by atoms with Crippen molar-refractivity contribution in [3.8, 4) is 0 Å². The molecule has 1 fully saturated rings. The summed E-state index contributed by atoms with van der Waals surface area (Å²) in [5, 5.41) is 0. The summed E-state index contributed by atoms with van der Waals surface area (Å²) in [5.41, 5.74) is 2.69. The molecule has 5 nitrogen and oxygen atoms in total. The molecule has 1 heterocycles. The molecule has 0 aliphatic heterocycles. The molecular formula is C11H20N4O. The highest BCUT2D eigenvalue weighted by Gasteiger charge is 2.46. The van der Waals surface area contributed by atoms with E-state index in [2.05, 4.69) is 21.9 Å². The number of methoxy groups -OCH3 is 1. The van der Waals surface area contributed by atoms with Gasteiger partial charge in [-0.1, -0.05) is 0 Å². The van der Waals surface area contributed by atoms with Crippen molar-refractivity contribution in [2.24, 2.45) is 5.84 Å². The number of nitrogens with zero attached hydrogens (tertiary/aromatic N) is 2. The Morgan fingerprint density at radius 1 is 1.69 bits per heavy atom. The molecule has 1 aromatic rings. The average molecular weight is 224 g/mol. The Labute approximate surface area is 96.0 Å². The molecule has 0 bridgehead atoms. The first kappa shape index (κ1) is 11.6.